The Morgan fingerprint density at radius 1 is 0.952 bits per heavy atom. The van der Waals surface area contributed by atoms with Crippen molar-refractivity contribution < 1.29 is 5.11 Å². The van der Waals surface area contributed by atoms with Crippen LogP contribution in [-0.4, -0.2) is 14.9 Å². The molecule has 4 heteroatoms. The van der Waals surface area contributed by atoms with Crippen LogP contribution >= 0.6 is 0 Å². The summed E-state index contributed by atoms with van der Waals surface area (Å²) in [7, 11) is 0. The fourth-order valence-corrected chi connectivity index (χ4v) is 2.21. The standard InChI is InChI=1S/C17H17N3O/c21-17-4-1-3-15(11-17)13-18-12-14-5-7-16(8-6-14)20-10-2-9-19-20/h1-11,18,21H,12-13H2. The molecule has 2 aromatic carbocycles. The van der Waals surface area contributed by atoms with Gasteiger partial charge in [-0.2, -0.15) is 5.10 Å². The molecule has 4 nitrogen and oxygen atoms in total. The van der Waals surface area contributed by atoms with Gasteiger partial charge in [-0.3, -0.25) is 0 Å². The molecule has 0 saturated carbocycles. The van der Waals surface area contributed by atoms with Gasteiger partial charge in [-0.25, -0.2) is 4.68 Å². The summed E-state index contributed by atoms with van der Waals surface area (Å²) in [5.74, 6) is 0.304. The number of hydrogen-bond acceptors (Lipinski definition) is 3. The fraction of sp³-hybridized carbons (Fsp3) is 0.118. The van der Waals surface area contributed by atoms with Crippen LogP contribution in [0.5, 0.6) is 5.75 Å². The predicted octanol–water partition coefficient (Wildman–Crippen LogP) is 2.87. The van der Waals surface area contributed by atoms with Crippen LogP contribution in [-0.2, 0) is 13.1 Å². The second kappa shape index (κ2) is 6.24. The Hall–Kier alpha value is -2.59. The number of phenols is 1. The van der Waals surface area contributed by atoms with Gasteiger partial charge in [0.15, 0.2) is 0 Å². The molecule has 1 heterocycles. The monoisotopic (exact) mass is 279 g/mol. The molecule has 0 atom stereocenters. The Morgan fingerprint density at radius 2 is 1.76 bits per heavy atom. The van der Waals surface area contributed by atoms with Gasteiger partial charge in [0, 0.05) is 25.5 Å². The lowest BCUT2D eigenvalue weighted by atomic mass is 10.2. The van der Waals surface area contributed by atoms with Gasteiger partial charge in [0.1, 0.15) is 5.75 Å². The van der Waals surface area contributed by atoms with Gasteiger partial charge in [0.2, 0.25) is 0 Å². The smallest absolute Gasteiger partial charge is 0.115 e. The minimum Gasteiger partial charge on any atom is -0.508 e. The van der Waals surface area contributed by atoms with Crippen LogP contribution < -0.4 is 5.32 Å². The number of nitrogens with zero attached hydrogens (tertiary/aromatic N) is 2. The third kappa shape index (κ3) is 3.49. The fourth-order valence-electron chi connectivity index (χ4n) is 2.21. The maximum absolute atomic E-state index is 9.41. The minimum atomic E-state index is 0.304. The summed E-state index contributed by atoms with van der Waals surface area (Å²) < 4.78 is 1.84. The van der Waals surface area contributed by atoms with Gasteiger partial charge >= 0.3 is 0 Å². The highest BCUT2D eigenvalue weighted by Crippen LogP contribution is 2.11. The maximum atomic E-state index is 9.41. The van der Waals surface area contributed by atoms with Crippen LogP contribution in [0.15, 0.2) is 67.0 Å². The quantitative estimate of drug-likeness (QED) is 0.755. The topological polar surface area (TPSA) is 50.1 Å². The molecule has 2 N–H and O–H groups in total. The second-order valence-corrected chi connectivity index (χ2v) is 4.89. The Morgan fingerprint density at radius 3 is 2.48 bits per heavy atom. The Labute approximate surface area is 123 Å². The summed E-state index contributed by atoms with van der Waals surface area (Å²) in [5, 5.41) is 17.0. The number of hydrogen-bond donors (Lipinski definition) is 2. The van der Waals surface area contributed by atoms with Crippen LogP contribution in [0.2, 0.25) is 0 Å². The van der Waals surface area contributed by atoms with Gasteiger partial charge in [-0.1, -0.05) is 24.3 Å². The lowest BCUT2D eigenvalue weighted by Gasteiger charge is -2.07. The van der Waals surface area contributed by atoms with Crippen molar-refractivity contribution in [3.8, 4) is 11.4 Å². The van der Waals surface area contributed by atoms with Crippen LogP contribution in [0, 0.1) is 0 Å². The summed E-state index contributed by atoms with van der Waals surface area (Å²) in [6.07, 6.45) is 3.69. The van der Waals surface area contributed by atoms with Gasteiger partial charge in [-0.05, 0) is 41.5 Å². The molecule has 1 aromatic heterocycles. The largest absolute Gasteiger partial charge is 0.508 e. The van der Waals surface area contributed by atoms with Crippen molar-refractivity contribution in [3.05, 3.63) is 78.1 Å². The Kier molecular flexibility index (Phi) is 3.98. The number of aromatic nitrogens is 2. The van der Waals surface area contributed by atoms with E-state index in [1.54, 1.807) is 18.3 Å². The minimum absolute atomic E-state index is 0.304. The third-order valence-electron chi connectivity index (χ3n) is 3.27. The first kappa shape index (κ1) is 13.4. The maximum Gasteiger partial charge on any atom is 0.115 e. The van der Waals surface area contributed by atoms with E-state index in [9.17, 15) is 5.11 Å². The first-order chi connectivity index (χ1) is 10.3. The van der Waals surface area contributed by atoms with Crippen molar-refractivity contribution >= 4 is 0 Å². The van der Waals surface area contributed by atoms with Crippen LogP contribution in [0.4, 0.5) is 0 Å². The van der Waals surface area contributed by atoms with Crippen molar-refractivity contribution in [1.82, 2.24) is 15.1 Å². The number of phenolic OH excluding ortho intramolecular Hbond substituents is 1. The molecule has 0 unspecified atom stereocenters. The molecule has 0 aliphatic heterocycles. The molecule has 0 aliphatic rings. The summed E-state index contributed by atoms with van der Waals surface area (Å²) in [6, 6.07) is 17.5. The molecule has 0 aliphatic carbocycles. The Balaban J connectivity index is 1.56. The molecule has 0 saturated heterocycles. The van der Waals surface area contributed by atoms with Crippen molar-refractivity contribution in [2.75, 3.05) is 0 Å². The molecular formula is C17H17N3O. The van der Waals surface area contributed by atoms with Crippen molar-refractivity contribution in [2.45, 2.75) is 13.1 Å². The molecule has 106 valence electrons. The van der Waals surface area contributed by atoms with E-state index in [2.05, 4.69) is 34.7 Å². The summed E-state index contributed by atoms with van der Waals surface area (Å²) in [4.78, 5) is 0. The normalized spacial score (nSPS) is 10.7. The summed E-state index contributed by atoms with van der Waals surface area (Å²) in [5.41, 5.74) is 3.34. The zero-order valence-electron chi connectivity index (χ0n) is 11.6. The molecule has 0 fully saturated rings. The van der Waals surface area contributed by atoms with Gasteiger partial charge in [0.05, 0.1) is 5.69 Å². The number of benzene rings is 2. The van der Waals surface area contributed by atoms with E-state index in [1.807, 2.05) is 29.1 Å². The summed E-state index contributed by atoms with van der Waals surface area (Å²) in [6.45, 7) is 1.52. The van der Waals surface area contributed by atoms with Crippen molar-refractivity contribution in [2.24, 2.45) is 0 Å². The number of aromatic hydroxyl groups is 1. The van der Waals surface area contributed by atoms with Gasteiger partial charge < -0.3 is 10.4 Å². The van der Waals surface area contributed by atoms with Crippen LogP contribution in [0.25, 0.3) is 5.69 Å². The molecule has 0 bridgehead atoms. The average molecular weight is 279 g/mol. The van der Waals surface area contributed by atoms with Gasteiger partial charge in [0.25, 0.3) is 0 Å². The Bertz CT molecular complexity index is 690. The predicted molar refractivity (Wildman–Crippen MR) is 82.2 cm³/mol. The molecule has 0 radical (unpaired) electrons. The van der Waals surface area contributed by atoms with Gasteiger partial charge in [-0.15, -0.1) is 0 Å². The number of nitrogens with one attached hydrogen (secondary N) is 1. The molecule has 21 heavy (non-hydrogen) atoms. The highest BCUT2D eigenvalue weighted by atomic mass is 16.3. The summed E-state index contributed by atoms with van der Waals surface area (Å²) >= 11 is 0. The first-order valence-corrected chi connectivity index (χ1v) is 6.89. The van der Waals surface area contributed by atoms with E-state index in [1.165, 1.54) is 5.56 Å². The first-order valence-electron chi connectivity index (χ1n) is 6.89. The van der Waals surface area contributed by atoms with Crippen molar-refractivity contribution in [1.29, 1.82) is 0 Å². The highest BCUT2D eigenvalue weighted by molar-refractivity contribution is 5.33. The molecule has 0 spiro atoms. The third-order valence-corrected chi connectivity index (χ3v) is 3.27. The van der Waals surface area contributed by atoms with E-state index in [-0.39, 0.29) is 0 Å². The van der Waals surface area contributed by atoms with E-state index >= 15 is 0 Å². The van der Waals surface area contributed by atoms with E-state index < -0.39 is 0 Å². The number of rotatable bonds is 5. The SMILES string of the molecule is Oc1cccc(CNCc2ccc(-n3cccn3)cc2)c1. The van der Waals surface area contributed by atoms with Crippen LogP contribution in [0.1, 0.15) is 11.1 Å². The zero-order valence-corrected chi connectivity index (χ0v) is 11.6. The lowest BCUT2D eigenvalue weighted by Crippen LogP contribution is -2.12. The molecular weight excluding hydrogens is 262 g/mol. The molecule has 3 rings (SSSR count). The molecule has 0 amide bonds. The average Bonchev–Trinajstić information content (AvgIpc) is 3.02. The van der Waals surface area contributed by atoms with E-state index in [4.69, 9.17) is 0 Å². The van der Waals surface area contributed by atoms with E-state index in [0.717, 1.165) is 24.3 Å². The lowest BCUT2D eigenvalue weighted by molar-refractivity contribution is 0.474. The zero-order chi connectivity index (χ0) is 14.5. The van der Waals surface area contributed by atoms with E-state index in [0.29, 0.717) is 5.75 Å². The highest BCUT2D eigenvalue weighted by Gasteiger charge is 1.98. The van der Waals surface area contributed by atoms with Crippen LogP contribution in [0.3, 0.4) is 0 Å². The second-order valence-electron chi connectivity index (χ2n) is 4.89. The van der Waals surface area contributed by atoms with Crippen molar-refractivity contribution in [3.63, 3.8) is 0 Å². The molecule has 3 aromatic rings.